The minimum Gasteiger partial charge on any atom is -0.396 e. The normalized spacial score (nSPS) is 24.9. The molecule has 0 amide bonds. The van der Waals surface area contributed by atoms with Crippen molar-refractivity contribution in [3.05, 3.63) is 35.6 Å². The second-order valence-electron chi connectivity index (χ2n) is 5.02. The summed E-state index contributed by atoms with van der Waals surface area (Å²) in [5, 5.41) is 9.54. The van der Waals surface area contributed by atoms with Gasteiger partial charge in [0.2, 0.25) is 0 Å². The van der Waals surface area contributed by atoms with Gasteiger partial charge < -0.3 is 9.84 Å². The Hall–Kier alpha value is -0.930. The first-order valence-corrected chi connectivity index (χ1v) is 5.67. The molecule has 3 rings (SSSR count). The van der Waals surface area contributed by atoms with Crippen molar-refractivity contribution < 1.29 is 14.2 Å². The molecule has 1 saturated heterocycles. The van der Waals surface area contributed by atoms with Crippen molar-refractivity contribution in [1.29, 1.82) is 0 Å². The van der Waals surface area contributed by atoms with Gasteiger partial charge in [-0.2, -0.15) is 0 Å². The van der Waals surface area contributed by atoms with Crippen LogP contribution in [-0.2, 0) is 10.2 Å². The number of rotatable bonds is 3. The van der Waals surface area contributed by atoms with Crippen LogP contribution in [0.2, 0.25) is 0 Å². The maximum atomic E-state index is 12.9. The number of hydrogen-bond acceptors (Lipinski definition) is 2. The largest absolute Gasteiger partial charge is 0.396 e. The monoisotopic (exact) mass is 222 g/mol. The van der Waals surface area contributed by atoms with Crippen LogP contribution >= 0.6 is 0 Å². The summed E-state index contributed by atoms with van der Waals surface area (Å²) in [6.07, 6.45) is 2.09. The van der Waals surface area contributed by atoms with E-state index < -0.39 is 0 Å². The Kier molecular flexibility index (Phi) is 2.10. The van der Waals surface area contributed by atoms with Crippen molar-refractivity contribution in [3.63, 3.8) is 0 Å². The zero-order chi connectivity index (χ0) is 11.2. The molecule has 1 aromatic rings. The molecule has 0 bridgehead atoms. The van der Waals surface area contributed by atoms with Crippen LogP contribution in [-0.4, -0.2) is 24.9 Å². The third-order valence-corrected chi connectivity index (χ3v) is 4.27. The molecule has 3 heteroatoms. The van der Waals surface area contributed by atoms with Crippen molar-refractivity contribution in [1.82, 2.24) is 0 Å². The van der Waals surface area contributed by atoms with Crippen LogP contribution in [0.25, 0.3) is 0 Å². The number of benzene rings is 1. The first-order chi connectivity index (χ1) is 7.72. The molecule has 1 aliphatic carbocycles. The third-order valence-electron chi connectivity index (χ3n) is 4.27. The van der Waals surface area contributed by atoms with Crippen LogP contribution in [0, 0.1) is 11.2 Å². The summed E-state index contributed by atoms with van der Waals surface area (Å²) in [5.74, 6) is -0.215. The summed E-state index contributed by atoms with van der Waals surface area (Å²) in [7, 11) is 0. The Bertz CT molecular complexity index is 391. The van der Waals surface area contributed by atoms with Gasteiger partial charge in [-0.3, -0.25) is 0 Å². The van der Waals surface area contributed by atoms with Gasteiger partial charge in [0.05, 0.1) is 13.2 Å². The van der Waals surface area contributed by atoms with E-state index in [1.165, 1.54) is 12.1 Å². The lowest BCUT2D eigenvalue weighted by Crippen LogP contribution is -2.54. The van der Waals surface area contributed by atoms with E-state index in [1.54, 1.807) is 0 Å². The molecule has 1 N–H and O–H groups in total. The summed E-state index contributed by atoms with van der Waals surface area (Å²) >= 11 is 0. The fourth-order valence-corrected chi connectivity index (χ4v) is 2.79. The Morgan fingerprint density at radius 3 is 2.19 bits per heavy atom. The van der Waals surface area contributed by atoms with Crippen LogP contribution in [0.4, 0.5) is 4.39 Å². The van der Waals surface area contributed by atoms with E-state index in [0.29, 0.717) is 13.2 Å². The average Bonchev–Trinajstić information content (AvgIpc) is 3.01. The minimum absolute atomic E-state index is 0.0108. The van der Waals surface area contributed by atoms with Gasteiger partial charge in [0.25, 0.3) is 0 Å². The Morgan fingerprint density at radius 2 is 1.81 bits per heavy atom. The summed E-state index contributed by atoms with van der Waals surface area (Å²) in [4.78, 5) is 0. The summed E-state index contributed by atoms with van der Waals surface area (Å²) < 4.78 is 18.3. The number of hydrogen-bond donors (Lipinski definition) is 1. The molecule has 0 atom stereocenters. The molecule has 2 nitrogen and oxygen atoms in total. The maximum Gasteiger partial charge on any atom is 0.123 e. The lowest BCUT2D eigenvalue weighted by atomic mass is 9.66. The SMILES string of the molecule is OCC1(C2(c3ccc(F)cc3)COC2)CC1. The summed E-state index contributed by atoms with van der Waals surface area (Å²) in [6, 6.07) is 6.63. The highest BCUT2D eigenvalue weighted by atomic mass is 19.1. The number of aliphatic hydroxyl groups is 1. The first kappa shape index (κ1) is 10.2. The van der Waals surface area contributed by atoms with Crippen LogP contribution in [0.1, 0.15) is 18.4 Å². The third kappa shape index (κ3) is 1.19. The number of halogens is 1. The molecule has 1 aromatic carbocycles. The molecule has 1 heterocycles. The predicted molar refractivity (Wildman–Crippen MR) is 57.6 cm³/mol. The van der Waals surface area contributed by atoms with Gasteiger partial charge in [-0.25, -0.2) is 4.39 Å². The zero-order valence-electron chi connectivity index (χ0n) is 9.08. The van der Waals surface area contributed by atoms with Crippen molar-refractivity contribution in [3.8, 4) is 0 Å². The molecule has 0 aromatic heterocycles. The molecule has 1 saturated carbocycles. The van der Waals surface area contributed by atoms with E-state index in [4.69, 9.17) is 4.74 Å². The van der Waals surface area contributed by atoms with E-state index in [1.807, 2.05) is 12.1 Å². The maximum absolute atomic E-state index is 12.9. The highest BCUT2D eigenvalue weighted by molar-refractivity contribution is 5.35. The first-order valence-electron chi connectivity index (χ1n) is 5.67. The van der Waals surface area contributed by atoms with Gasteiger partial charge in [-0.15, -0.1) is 0 Å². The Morgan fingerprint density at radius 1 is 1.19 bits per heavy atom. The van der Waals surface area contributed by atoms with Gasteiger partial charge in [-0.05, 0) is 30.5 Å². The fraction of sp³-hybridized carbons (Fsp3) is 0.538. The zero-order valence-corrected chi connectivity index (χ0v) is 9.08. The van der Waals surface area contributed by atoms with E-state index in [9.17, 15) is 9.50 Å². The lowest BCUT2D eigenvalue weighted by Gasteiger charge is -2.48. The number of ether oxygens (including phenoxy) is 1. The van der Waals surface area contributed by atoms with Gasteiger partial charge in [0, 0.05) is 17.4 Å². The molecule has 0 spiro atoms. The molecule has 2 aliphatic rings. The van der Waals surface area contributed by atoms with Gasteiger partial charge in [0.15, 0.2) is 0 Å². The summed E-state index contributed by atoms with van der Waals surface area (Å²) in [5.41, 5.74) is 1.02. The molecule has 1 aliphatic heterocycles. The second-order valence-corrected chi connectivity index (χ2v) is 5.02. The van der Waals surface area contributed by atoms with Crippen LogP contribution in [0.15, 0.2) is 24.3 Å². The van der Waals surface area contributed by atoms with E-state index in [-0.39, 0.29) is 23.3 Å². The molecular formula is C13H15FO2. The van der Waals surface area contributed by atoms with Crippen molar-refractivity contribution in [2.24, 2.45) is 5.41 Å². The predicted octanol–water partition coefficient (Wildman–Crippen LogP) is 1.87. The quantitative estimate of drug-likeness (QED) is 0.846. The van der Waals surface area contributed by atoms with Gasteiger partial charge >= 0.3 is 0 Å². The molecular weight excluding hydrogens is 207 g/mol. The van der Waals surface area contributed by atoms with Gasteiger partial charge in [-0.1, -0.05) is 12.1 Å². The van der Waals surface area contributed by atoms with Crippen molar-refractivity contribution >= 4 is 0 Å². The van der Waals surface area contributed by atoms with E-state index in [2.05, 4.69) is 0 Å². The second kappa shape index (κ2) is 3.28. The topological polar surface area (TPSA) is 29.5 Å². The highest BCUT2D eigenvalue weighted by Crippen LogP contribution is 2.62. The van der Waals surface area contributed by atoms with Crippen molar-refractivity contribution in [2.75, 3.05) is 19.8 Å². The number of aliphatic hydroxyl groups excluding tert-OH is 1. The molecule has 0 unspecified atom stereocenters. The lowest BCUT2D eigenvalue weighted by molar-refractivity contribution is -0.110. The van der Waals surface area contributed by atoms with Crippen LogP contribution in [0.5, 0.6) is 0 Å². The average molecular weight is 222 g/mol. The summed E-state index contributed by atoms with van der Waals surface area (Å²) in [6.45, 7) is 1.51. The van der Waals surface area contributed by atoms with E-state index in [0.717, 1.165) is 18.4 Å². The van der Waals surface area contributed by atoms with Crippen molar-refractivity contribution in [2.45, 2.75) is 18.3 Å². The Labute approximate surface area is 94.0 Å². The fourth-order valence-electron chi connectivity index (χ4n) is 2.79. The van der Waals surface area contributed by atoms with Gasteiger partial charge in [0.1, 0.15) is 5.82 Å². The minimum atomic E-state index is -0.215. The molecule has 86 valence electrons. The highest BCUT2D eigenvalue weighted by Gasteiger charge is 2.63. The Balaban J connectivity index is 1.99. The van der Waals surface area contributed by atoms with Crippen LogP contribution < -0.4 is 0 Å². The van der Waals surface area contributed by atoms with E-state index >= 15 is 0 Å². The van der Waals surface area contributed by atoms with Crippen LogP contribution in [0.3, 0.4) is 0 Å². The molecule has 0 radical (unpaired) electrons. The molecule has 2 fully saturated rings. The molecule has 16 heavy (non-hydrogen) atoms. The smallest absolute Gasteiger partial charge is 0.123 e. The standard InChI is InChI=1S/C13H15FO2/c14-11-3-1-10(2-4-11)13(8-16-9-13)12(7-15)5-6-12/h1-4,15H,5-9H2.